The molecule has 1 saturated carbocycles. The lowest BCUT2D eigenvalue weighted by Gasteiger charge is -2.40. The fraction of sp³-hybridized carbons (Fsp3) is 0.923. The van der Waals surface area contributed by atoms with Crippen LogP contribution in [0.4, 0.5) is 0 Å². The van der Waals surface area contributed by atoms with Crippen LogP contribution in [0.15, 0.2) is 0 Å². The van der Waals surface area contributed by atoms with E-state index in [1.54, 1.807) is 0 Å². The molecule has 0 aromatic carbocycles. The number of hydrogen-bond acceptors (Lipinski definition) is 1. The van der Waals surface area contributed by atoms with Crippen molar-refractivity contribution in [2.75, 3.05) is 0 Å². The molecule has 1 aliphatic carbocycles. The summed E-state index contributed by atoms with van der Waals surface area (Å²) >= 11 is 0. The molecular formula is C13H24O2. The van der Waals surface area contributed by atoms with E-state index in [0.29, 0.717) is 11.3 Å². The van der Waals surface area contributed by atoms with E-state index in [0.717, 1.165) is 19.3 Å². The molecule has 15 heavy (non-hydrogen) atoms. The number of carboxylic acids is 1. The number of carbonyl (C=O) groups is 1. The van der Waals surface area contributed by atoms with Gasteiger partial charge in [-0.3, -0.25) is 4.79 Å². The maximum absolute atomic E-state index is 11.2. The Morgan fingerprint density at radius 1 is 1.47 bits per heavy atom. The van der Waals surface area contributed by atoms with Crippen LogP contribution < -0.4 is 0 Å². The molecule has 0 aromatic heterocycles. The number of aliphatic carboxylic acids is 1. The highest BCUT2D eigenvalue weighted by Crippen LogP contribution is 2.46. The van der Waals surface area contributed by atoms with Crippen LogP contribution in [-0.4, -0.2) is 11.1 Å². The van der Waals surface area contributed by atoms with Gasteiger partial charge in [0.05, 0.1) is 5.92 Å². The van der Waals surface area contributed by atoms with Gasteiger partial charge in [-0.25, -0.2) is 0 Å². The molecule has 2 nitrogen and oxygen atoms in total. The monoisotopic (exact) mass is 212 g/mol. The Kier molecular flexibility index (Phi) is 4.18. The van der Waals surface area contributed by atoms with Crippen molar-refractivity contribution in [2.24, 2.45) is 17.3 Å². The minimum Gasteiger partial charge on any atom is -0.481 e. The summed E-state index contributed by atoms with van der Waals surface area (Å²) in [5, 5.41) is 9.20. The summed E-state index contributed by atoms with van der Waals surface area (Å²) < 4.78 is 0. The van der Waals surface area contributed by atoms with E-state index in [4.69, 9.17) is 0 Å². The van der Waals surface area contributed by atoms with Crippen molar-refractivity contribution in [3.05, 3.63) is 0 Å². The molecule has 0 radical (unpaired) electrons. The Labute approximate surface area is 93.1 Å². The van der Waals surface area contributed by atoms with Crippen LogP contribution >= 0.6 is 0 Å². The fourth-order valence-electron chi connectivity index (χ4n) is 2.50. The first kappa shape index (κ1) is 12.5. The molecule has 0 aromatic rings. The smallest absolute Gasteiger partial charge is 0.306 e. The zero-order valence-electron chi connectivity index (χ0n) is 10.3. The van der Waals surface area contributed by atoms with E-state index in [2.05, 4.69) is 20.8 Å². The highest BCUT2D eigenvalue weighted by atomic mass is 16.4. The first-order valence-corrected chi connectivity index (χ1v) is 6.19. The van der Waals surface area contributed by atoms with Crippen molar-refractivity contribution < 1.29 is 9.90 Å². The summed E-state index contributed by atoms with van der Waals surface area (Å²) in [4.78, 5) is 11.2. The molecule has 2 atom stereocenters. The summed E-state index contributed by atoms with van der Waals surface area (Å²) in [6.45, 7) is 6.52. The van der Waals surface area contributed by atoms with Crippen LogP contribution in [0.5, 0.6) is 0 Å². The third-order valence-electron chi connectivity index (χ3n) is 4.03. The van der Waals surface area contributed by atoms with Gasteiger partial charge in [-0.2, -0.15) is 0 Å². The topological polar surface area (TPSA) is 37.3 Å². The zero-order valence-corrected chi connectivity index (χ0v) is 10.3. The summed E-state index contributed by atoms with van der Waals surface area (Å²) in [7, 11) is 0. The average Bonchev–Trinajstić information content (AvgIpc) is 2.13. The molecular weight excluding hydrogens is 188 g/mol. The number of carboxylic acid groups (broad SMARTS) is 1. The molecule has 0 saturated heterocycles. The Bertz CT molecular complexity index is 219. The Morgan fingerprint density at radius 2 is 2.07 bits per heavy atom. The van der Waals surface area contributed by atoms with Crippen molar-refractivity contribution in [1.82, 2.24) is 0 Å². The maximum Gasteiger partial charge on any atom is 0.306 e. The van der Waals surface area contributed by atoms with Gasteiger partial charge in [0, 0.05) is 0 Å². The molecule has 1 rings (SSSR count). The van der Waals surface area contributed by atoms with Crippen molar-refractivity contribution in [3.8, 4) is 0 Å². The Hall–Kier alpha value is -0.530. The van der Waals surface area contributed by atoms with Gasteiger partial charge in [-0.1, -0.05) is 33.6 Å². The van der Waals surface area contributed by atoms with Gasteiger partial charge in [0.15, 0.2) is 0 Å². The summed E-state index contributed by atoms with van der Waals surface area (Å²) in [5.41, 5.74) is 0.330. The summed E-state index contributed by atoms with van der Waals surface area (Å²) in [6, 6.07) is 0. The molecule has 1 N–H and O–H groups in total. The normalized spacial score (nSPS) is 22.9. The highest BCUT2D eigenvalue weighted by molar-refractivity contribution is 5.70. The van der Waals surface area contributed by atoms with Crippen LogP contribution in [0.3, 0.4) is 0 Å². The fourth-order valence-corrected chi connectivity index (χ4v) is 2.50. The van der Waals surface area contributed by atoms with Gasteiger partial charge in [-0.05, 0) is 37.0 Å². The second kappa shape index (κ2) is 5.00. The summed E-state index contributed by atoms with van der Waals surface area (Å²) in [5.74, 6) is -0.177. The largest absolute Gasteiger partial charge is 0.481 e. The number of rotatable bonds is 6. The molecule has 0 amide bonds. The minimum atomic E-state index is -0.594. The zero-order chi connectivity index (χ0) is 11.5. The lowest BCUT2D eigenvalue weighted by molar-refractivity contribution is -0.144. The van der Waals surface area contributed by atoms with E-state index in [1.807, 2.05) is 0 Å². The highest BCUT2D eigenvalue weighted by Gasteiger charge is 2.36. The molecule has 0 bridgehead atoms. The van der Waals surface area contributed by atoms with Crippen molar-refractivity contribution >= 4 is 5.97 Å². The van der Waals surface area contributed by atoms with Crippen LogP contribution in [0.2, 0.25) is 0 Å². The first-order chi connectivity index (χ1) is 6.97. The quantitative estimate of drug-likeness (QED) is 0.729. The summed E-state index contributed by atoms with van der Waals surface area (Å²) in [6.07, 6.45) is 6.54. The van der Waals surface area contributed by atoms with Gasteiger partial charge >= 0.3 is 5.97 Å². The standard InChI is InChI=1S/C13H24O2/c1-4-10(2)8-11(12(14)15)9-13(3)6-5-7-13/h10-11H,4-9H2,1-3H3,(H,14,15). The maximum atomic E-state index is 11.2. The SMILES string of the molecule is CCC(C)CC(CC1(C)CCC1)C(=O)O. The average molecular weight is 212 g/mol. The second-order valence-electron chi connectivity index (χ2n) is 5.65. The van der Waals surface area contributed by atoms with Crippen LogP contribution in [0, 0.1) is 17.3 Å². The van der Waals surface area contributed by atoms with E-state index >= 15 is 0 Å². The van der Waals surface area contributed by atoms with E-state index < -0.39 is 5.97 Å². The molecule has 2 unspecified atom stereocenters. The van der Waals surface area contributed by atoms with E-state index in [9.17, 15) is 9.90 Å². The molecule has 1 fully saturated rings. The molecule has 0 spiro atoms. The van der Waals surface area contributed by atoms with Gasteiger partial charge in [-0.15, -0.1) is 0 Å². The van der Waals surface area contributed by atoms with Crippen molar-refractivity contribution in [1.29, 1.82) is 0 Å². The number of hydrogen-bond donors (Lipinski definition) is 1. The van der Waals surface area contributed by atoms with Crippen LogP contribution in [-0.2, 0) is 4.79 Å². The second-order valence-corrected chi connectivity index (χ2v) is 5.65. The van der Waals surface area contributed by atoms with Crippen molar-refractivity contribution in [3.63, 3.8) is 0 Å². The minimum absolute atomic E-state index is 0.120. The predicted molar refractivity (Wildman–Crippen MR) is 61.8 cm³/mol. The van der Waals surface area contributed by atoms with Gasteiger partial charge in [0.1, 0.15) is 0 Å². The van der Waals surface area contributed by atoms with E-state index in [-0.39, 0.29) is 5.92 Å². The molecule has 88 valence electrons. The van der Waals surface area contributed by atoms with Crippen molar-refractivity contribution in [2.45, 2.75) is 59.3 Å². The molecule has 0 aliphatic heterocycles. The molecule has 1 aliphatic rings. The Balaban J connectivity index is 2.46. The van der Waals surface area contributed by atoms with Crippen LogP contribution in [0.1, 0.15) is 59.3 Å². The predicted octanol–water partition coefficient (Wildman–Crippen LogP) is 3.70. The molecule has 2 heteroatoms. The molecule has 0 heterocycles. The van der Waals surface area contributed by atoms with Gasteiger partial charge in [0.2, 0.25) is 0 Å². The van der Waals surface area contributed by atoms with Gasteiger partial charge < -0.3 is 5.11 Å². The first-order valence-electron chi connectivity index (χ1n) is 6.19. The van der Waals surface area contributed by atoms with Crippen LogP contribution in [0.25, 0.3) is 0 Å². The third kappa shape index (κ3) is 3.51. The third-order valence-corrected chi connectivity index (χ3v) is 4.03. The lowest BCUT2D eigenvalue weighted by Crippen LogP contribution is -2.31. The van der Waals surface area contributed by atoms with E-state index in [1.165, 1.54) is 19.3 Å². The van der Waals surface area contributed by atoms with Gasteiger partial charge in [0.25, 0.3) is 0 Å². The lowest BCUT2D eigenvalue weighted by atomic mass is 9.65. The Morgan fingerprint density at radius 3 is 2.40 bits per heavy atom.